The second-order valence-corrected chi connectivity index (χ2v) is 2.54. The Morgan fingerprint density at radius 3 is 2.92 bits per heavy atom. The molecule has 0 saturated carbocycles. The number of hydrogen-bond donors (Lipinski definition) is 1. The highest BCUT2D eigenvalue weighted by atomic mass is 35.5. The molecule has 70 valence electrons. The van der Waals surface area contributed by atoms with E-state index < -0.39 is 11.8 Å². The number of nitrogens with zero attached hydrogens (tertiary/aromatic N) is 1. The molecule has 0 aromatic carbocycles. The number of carbonyl (C=O) groups excluding carboxylic acids is 1. The molecule has 1 aromatic heterocycles. The fourth-order valence-corrected chi connectivity index (χ4v) is 0.899. The molecule has 0 saturated heterocycles. The van der Waals surface area contributed by atoms with Crippen LogP contribution in [-0.4, -0.2) is 18.1 Å². The highest BCUT2D eigenvalue weighted by Gasteiger charge is 2.14. The summed E-state index contributed by atoms with van der Waals surface area (Å²) in [6.07, 6.45) is 0. The molecule has 1 rings (SSSR count). The zero-order valence-electron chi connectivity index (χ0n) is 6.67. The molecule has 0 amide bonds. The van der Waals surface area contributed by atoms with Gasteiger partial charge in [0.15, 0.2) is 11.0 Å². The first-order chi connectivity index (χ1) is 6.06. The first-order valence-corrected chi connectivity index (χ1v) is 3.64. The van der Waals surface area contributed by atoms with E-state index in [1.807, 2.05) is 0 Å². The lowest BCUT2D eigenvalue weighted by Crippen LogP contribution is -2.08. The van der Waals surface area contributed by atoms with Gasteiger partial charge in [-0.2, -0.15) is 0 Å². The summed E-state index contributed by atoms with van der Waals surface area (Å²) in [5, 5.41) is -0.370. The van der Waals surface area contributed by atoms with E-state index in [4.69, 9.17) is 17.3 Å². The number of pyridine rings is 1. The highest BCUT2D eigenvalue weighted by molar-refractivity contribution is 6.29. The summed E-state index contributed by atoms with van der Waals surface area (Å²) in [6.45, 7) is 0. The van der Waals surface area contributed by atoms with Crippen LogP contribution < -0.4 is 5.73 Å². The number of methoxy groups -OCH3 is 1. The first-order valence-electron chi connectivity index (χ1n) is 3.26. The minimum Gasteiger partial charge on any atom is -0.465 e. The molecule has 1 aromatic rings. The number of anilines is 1. The third-order valence-electron chi connectivity index (χ3n) is 1.37. The first kappa shape index (κ1) is 9.73. The third-order valence-corrected chi connectivity index (χ3v) is 1.63. The molecule has 0 radical (unpaired) electrons. The normalized spacial score (nSPS) is 9.77. The predicted octanol–water partition coefficient (Wildman–Crippen LogP) is 1.24. The van der Waals surface area contributed by atoms with E-state index in [1.165, 1.54) is 0 Å². The van der Waals surface area contributed by atoms with Crippen molar-refractivity contribution in [1.29, 1.82) is 0 Å². The molecular weight excluding hydrogens is 199 g/mol. The number of esters is 1. The Kier molecular flexibility index (Phi) is 2.67. The molecular formula is C7H6ClFN2O2. The number of carbonyl (C=O) groups is 1. The lowest BCUT2D eigenvalue weighted by atomic mass is 10.2. The average Bonchev–Trinajstić information content (AvgIpc) is 2.10. The van der Waals surface area contributed by atoms with Gasteiger partial charge >= 0.3 is 5.97 Å². The second-order valence-electron chi connectivity index (χ2n) is 2.19. The largest absolute Gasteiger partial charge is 0.465 e. The van der Waals surface area contributed by atoms with Crippen LogP contribution in [-0.2, 0) is 4.74 Å². The third kappa shape index (κ3) is 1.86. The van der Waals surface area contributed by atoms with Crippen LogP contribution in [0.3, 0.4) is 0 Å². The maximum Gasteiger partial charge on any atom is 0.341 e. The van der Waals surface area contributed by atoms with E-state index in [1.54, 1.807) is 0 Å². The van der Waals surface area contributed by atoms with Crippen molar-refractivity contribution >= 4 is 23.4 Å². The van der Waals surface area contributed by atoms with Gasteiger partial charge in [-0.15, -0.1) is 0 Å². The maximum absolute atomic E-state index is 12.8. The van der Waals surface area contributed by atoms with E-state index in [9.17, 15) is 9.18 Å². The fraction of sp³-hybridized carbons (Fsp3) is 0.143. The highest BCUT2D eigenvalue weighted by Crippen LogP contribution is 2.18. The van der Waals surface area contributed by atoms with E-state index in [-0.39, 0.29) is 16.5 Å². The minimum absolute atomic E-state index is 0.135. The number of halogens is 2. The van der Waals surface area contributed by atoms with E-state index in [0.717, 1.165) is 13.2 Å². The maximum atomic E-state index is 12.8. The standard InChI is InChI=1S/C7H6ClFN2O2/c1-13-7(12)3-2-4(9)5(8)11-6(3)10/h2H,1H3,(H2,10,11). The molecule has 0 aliphatic rings. The summed E-state index contributed by atoms with van der Waals surface area (Å²) >= 11 is 5.32. The Morgan fingerprint density at radius 1 is 1.77 bits per heavy atom. The van der Waals surface area contributed by atoms with Crippen molar-refractivity contribution in [2.24, 2.45) is 0 Å². The van der Waals surface area contributed by atoms with Gasteiger partial charge in [-0.05, 0) is 6.07 Å². The van der Waals surface area contributed by atoms with Crippen LogP contribution in [0.4, 0.5) is 10.2 Å². The van der Waals surface area contributed by atoms with Crippen LogP contribution in [0.5, 0.6) is 0 Å². The number of nitrogens with two attached hydrogens (primary N) is 1. The second kappa shape index (κ2) is 3.57. The van der Waals surface area contributed by atoms with Crippen LogP contribution in [0.1, 0.15) is 10.4 Å². The summed E-state index contributed by atoms with van der Waals surface area (Å²) in [6, 6.07) is 0.885. The lowest BCUT2D eigenvalue weighted by Gasteiger charge is -2.03. The molecule has 6 heteroatoms. The van der Waals surface area contributed by atoms with Crippen molar-refractivity contribution in [3.8, 4) is 0 Å². The van der Waals surface area contributed by atoms with Crippen molar-refractivity contribution in [2.75, 3.05) is 12.8 Å². The molecule has 4 nitrogen and oxygen atoms in total. The molecule has 0 aliphatic carbocycles. The molecule has 13 heavy (non-hydrogen) atoms. The quantitative estimate of drug-likeness (QED) is 0.552. The van der Waals surface area contributed by atoms with Crippen molar-refractivity contribution in [2.45, 2.75) is 0 Å². The minimum atomic E-state index is -0.809. The van der Waals surface area contributed by atoms with Gasteiger partial charge in [-0.1, -0.05) is 11.6 Å². The van der Waals surface area contributed by atoms with Crippen LogP contribution in [0.2, 0.25) is 5.15 Å². The smallest absolute Gasteiger partial charge is 0.341 e. The Bertz CT molecular complexity index is 357. The van der Waals surface area contributed by atoms with Gasteiger partial charge in [-0.3, -0.25) is 0 Å². The molecule has 2 N–H and O–H groups in total. The van der Waals surface area contributed by atoms with Gasteiger partial charge < -0.3 is 10.5 Å². The number of hydrogen-bond acceptors (Lipinski definition) is 4. The Balaban J connectivity index is 3.23. The Labute approximate surface area is 78.5 Å². The molecule has 1 heterocycles. The number of rotatable bonds is 1. The lowest BCUT2D eigenvalue weighted by molar-refractivity contribution is 0.0601. The van der Waals surface area contributed by atoms with Crippen LogP contribution in [0.15, 0.2) is 6.07 Å². The van der Waals surface area contributed by atoms with Gasteiger partial charge in [-0.25, -0.2) is 14.2 Å². The van der Waals surface area contributed by atoms with Crippen LogP contribution >= 0.6 is 11.6 Å². The summed E-state index contributed by atoms with van der Waals surface area (Å²) in [5.41, 5.74) is 5.17. The number of aromatic nitrogens is 1. The Hall–Kier alpha value is -1.36. The Morgan fingerprint density at radius 2 is 2.38 bits per heavy atom. The summed E-state index contributed by atoms with van der Waals surface area (Å²) in [7, 11) is 1.16. The molecule has 0 spiro atoms. The number of nitrogen functional groups attached to an aromatic ring is 1. The molecule has 0 unspecified atom stereocenters. The average molecular weight is 205 g/mol. The predicted molar refractivity (Wildman–Crippen MR) is 45.0 cm³/mol. The monoisotopic (exact) mass is 204 g/mol. The number of ether oxygens (including phenoxy) is 1. The zero-order chi connectivity index (χ0) is 10.0. The van der Waals surface area contributed by atoms with E-state index in [0.29, 0.717) is 0 Å². The van der Waals surface area contributed by atoms with E-state index in [2.05, 4.69) is 9.72 Å². The van der Waals surface area contributed by atoms with Gasteiger partial charge in [0.25, 0.3) is 0 Å². The molecule has 0 bridgehead atoms. The summed E-state index contributed by atoms with van der Waals surface area (Å²) < 4.78 is 17.1. The van der Waals surface area contributed by atoms with Crippen molar-refractivity contribution in [1.82, 2.24) is 4.98 Å². The van der Waals surface area contributed by atoms with Gasteiger partial charge in [0, 0.05) is 0 Å². The molecule has 0 fully saturated rings. The van der Waals surface area contributed by atoms with Crippen LogP contribution in [0, 0.1) is 5.82 Å². The molecule has 0 atom stereocenters. The SMILES string of the molecule is COC(=O)c1cc(F)c(Cl)nc1N. The van der Waals surface area contributed by atoms with Crippen molar-refractivity contribution < 1.29 is 13.9 Å². The summed E-state index contributed by atoms with van der Waals surface area (Å²) in [5.74, 6) is -1.71. The zero-order valence-corrected chi connectivity index (χ0v) is 7.43. The van der Waals surface area contributed by atoms with Gasteiger partial charge in [0.05, 0.1) is 7.11 Å². The van der Waals surface area contributed by atoms with Crippen molar-refractivity contribution in [3.63, 3.8) is 0 Å². The summed E-state index contributed by atoms with van der Waals surface area (Å²) in [4.78, 5) is 14.4. The topological polar surface area (TPSA) is 65.2 Å². The molecule has 0 aliphatic heterocycles. The van der Waals surface area contributed by atoms with Gasteiger partial charge in [0.1, 0.15) is 11.4 Å². The van der Waals surface area contributed by atoms with Crippen molar-refractivity contribution in [3.05, 3.63) is 22.6 Å². The van der Waals surface area contributed by atoms with Crippen LogP contribution in [0.25, 0.3) is 0 Å². The van der Waals surface area contributed by atoms with Gasteiger partial charge in [0.2, 0.25) is 0 Å². The fourth-order valence-electron chi connectivity index (χ4n) is 0.753. The van der Waals surface area contributed by atoms with E-state index >= 15 is 0 Å².